The van der Waals surface area contributed by atoms with Crippen molar-refractivity contribution in [3.05, 3.63) is 54.1 Å². The molecule has 2 rings (SSSR count). The van der Waals surface area contributed by atoms with Crippen LogP contribution in [0.3, 0.4) is 0 Å². The zero-order valence-corrected chi connectivity index (χ0v) is 10.7. The third kappa shape index (κ3) is 3.35. The fourth-order valence-electron chi connectivity index (χ4n) is 1.59. The molecule has 0 spiro atoms. The summed E-state index contributed by atoms with van der Waals surface area (Å²) in [5.41, 5.74) is 0.118. The van der Waals surface area contributed by atoms with Crippen LogP contribution >= 0.6 is 0 Å². The Bertz CT molecular complexity index is 648. The van der Waals surface area contributed by atoms with E-state index in [1.807, 2.05) is 0 Å². The lowest BCUT2D eigenvalue weighted by Gasteiger charge is -2.10. The number of hydrogen-bond acceptors (Lipinski definition) is 4. The van der Waals surface area contributed by atoms with Crippen LogP contribution in [0.1, 0.15) is 17.3 Å². The Labute approximate surface area is 115 Å². The summed E-state index contributed by atoms with van der Waals surface area (Å²) in [7, 11) is 0. The average molecular weight is 272 g/mol. The number of aromatic carboxylic acids is 1. The molecule has 0 aliphatic rings. The quantitative estimate of drug-likeness (QED) is 0.684. The standard InChI is InChI=1S/C15H12O5/c1-10(16)19-13-7-2-3-8-14(13)20-12-6-4-5-11(9-12)15(17)18/h2-9H,1H3,(H,17,18). The van der Waals surface area contributed by atoms with E-state index in [2.05, 4.69) is 0 Å². The van der Waals surface area contributed by atoms with Crippen molar-refractivity contribution in [3.63, 3.8) is 0 Å². The van der Waals surface area contributed by atoms with Gasteiger partial charge in [0, 0.05) is 6.92 Å². The molecule has 0 unspecified atom stereocenters. The van der Waals surface area contributed by atoms with E-state index in [1.165, 1.54) is 19.1 Å². The highest BCUT2D eigenvalue weighted by molar-refractivity contribution is 5.88. The van der Waals surface area contributed by atoms with E-state index >= 15 is 0 Å². The molecule has 0 atom stereocenters. The third-order valence-corrected chi connectivity index (χ3v) is 2.41. The topological polar surface area (TPSA) is 72.8 Å². The lowest BCUT2D eigenvalue weighted by Crippen LogP contribution is -2.02. The first-order chi connectivity index (χ1) is 9.56. The SMILES string of the molecule is CC(=O)Oc1ccccc1Oc1cccc(C(=O)O)c1. The summed E-state index contributed by atoms with van der Waals surface area (Å²) in [6.07, 6.45) is 0. The summed E-state index contributed by atoms with van der Waals surface area (Å²) in [4.78, 5) is 21.9. The average Bonchev–Trinajstić information content (AvgIpc) is 2.41. The molecule has 0 radical (unpaired) electrons. The van der Waals surface area contributed by atoms with Crippen molar-refractivity contribution in [3.8, 4) is 17.2 Å². The molecule has 5 heteroatoms. The number of para-hydroxylation sites is 2. The van der Waals surface area contributed by atoms with E-state index in [1.54, 1.807) is 36.4 Å². The van der Waals surface area contributed by atoms with Gasteiger partial charge in [0.25, 0.3) is 0 Å². The van der Waals surface area contributed by atoms with Crippen LogP contribution in [-0.2, 0) is 4.79 Å². The van der Waals surface area contributed by atoms with Crippen molar-refractivity contribution in [2.75, 3.05) is 0 Å². The first-order valence-corrected chi connectivity index (χ1v) is 5.85. The summed E-state index contributed by atoms with van der Waals surface area (Å²) in [6, 6.07) is 12.7. The van der Waals surface area contributed by atoms with Crippen LogP contribution in [0.5, 0.6) is 17.2 Å². The van der Waals surface area contributed by atoms with Crippen LogP contribution in [0, 0.1) is 0 Å². The molecular formula is C15H12O5. The van der Waals surface area contributed by atoms with Crippen LogP contribution in [0.25, 0.3) is 0 Å². The van der Waals surface area contributed by atoms with Gasteiger partial charge in [-0.25, -0.2) is 4.79 Å². The molecule has 5 nitrogen and oxygen atoms in total. The number of benzene rings is 2. The van der Waals surface area contributed by atoms with Gasteiger partial charge < -0.3 is 14.6 Å². The second-order valence-corrected chi connectivity index (χ2v) is 3.98. The van der Waals surface area contributed by atoms with Crippen LogP contribution in [0.15, 0.2) is 48.5 Å². The Balaban J connectivity index is 2.28. The Morgan fingerprint density at radius 2 is 1.70 bits per heavy atom. The zero-order valence-electron chi connectivity index (χ0n) is 10.7. The van der Waals surface area contributed by atoms with Crippen LogP contribution in [0.4, 0.5) is 0 Å². The number of esters is 1. The first kappa shape index (κ1) is 13.6. The van der Waals surface area contributed by atoms with Gasteiger partial charge in [0.2, 0.25) is 0 Å². The highest BCUT2D eigenvalue weighted by atomic mass is 16.6. The molecule has 2 aromatic carbocycles. The number of carboxylic acids is 1. The van der Waals surface area contributed by atoms with Crippen molar-refractivity contribution in [2.45, 2.75) is 6.92 Å². The van der Waals surface area contributed by atoms with E-state index in [0.29, 0.717) is 11.5 Å². The van der Waals surface area contributed by atoms with E-state index < -0.39 is 11.9 Å². The van der Waals surface area contributed by atoms with Gasteiger partial charge in [-0.2, -0.15) is 0 Å². The number of ether oxygens (including phenoxy) is 2. The Morgan fingerprint density at radius 3 is 2.35 bits per heavy atom. The first-order valence-electron chi connectivity index (χ1n) is 5.85. The summed E-state index contributed by atoms with van der Waals surface area (Å²) in [5, 5.41) is 8.92. The second kappa shape index (κ2) is 5.88. The number of carbonyl (C=O) groups excluding carboxylic acids is 1. The predicted molar refractivity (Wildman–Crippen MR) is 71.2 cm³/mol. The minimum absolute atomic E-state index is 0.118. The summed E-state index contributed by atoms with van der Waals surface area (Å²) in [5.74, 6) is -0.528. The smallest absolute Gasteiger partial charge is 0.335 e. The van der Waals surface area contributed by atoms with Crippen molar-refractivity contribution >= 4 is 11.9 Å². The summed E-state index contributed by atoms with van der Waals surface area (Å²) >= 11 is 0. The molecular weight excluding hydrogens is 260 g/mol. The predicted octanol–water partition coefficient (Wildman–Crippen LogP) is 3.10. The van der Waals surface area contributed by atoms with Crippen molar-refractivity contribution in [2.24, 2.45) is 0 Å². The molecule has 102 valence electrons. The molecule has 0 aliphatic carbocycles. The highest BCUT2D eigenvalue weighted by Crippen LogP contribution is 2.31. The van der Waals surface area contributed by atoms with Crippen LogP contribution in [0.2, 0.25) is 0 Å². The fraction of sp³-hybridized carbons (Fsp3) is 0.0667. The van der Waals surface area contributed by atoms with E-state index in [4.69, 9.17) is 14.6 Å². The molecule has 0 saturated heterocycles. The van der Waals surface area contributed by atoms with Gasteiger partial charge in [-0.05, 0) is 30.3 Å². The molecule has 0 amide bonds. The normalized spacial score (nSPS) is 9.85. The van der Waals surface area contributed by atoms with Gasteiger partial charge in [-0.3, -0.25) is 4.79 Å². The maximum Gasteiger partial charge on any atom is 0.335 e. The highest BCUT2D eigenvalue weighted by Gasteiger charge is 2.09. The van der Waals surface area contributed by atoms with Gasteiger partial charge in [0.15, 0.2) is 11.5 Å². The Morgan fingerprint density at radius 1 is 1.00 bits per heavy atom. The molecule has 0 fully saturated rings. The summed E-state index contributed by atoms with van der Waals surface area (Å²) < 4.78 is 10.6. The van der Waals surface area contributed by atoms with Gasteiger partial charge in [0.05, 0.1) is 5.56 Å². The zero-order chi connectivity index (χ0) is 14.5. The van der Waals surface area contributed by atoms with Gasteiger partial charge in [0.1, 0.15) is 5.75 Å². The number of carboxylic acid groups (broad SMARTS) is 1. The molecule has 0 bridgehead atoms. The lowest BCUT2D eigenvalue weighted by molar-refractivity contribution is -0.132. The lowest BCUT2D eigenvalue weighted by atomic mass is 10.2. The van der Waals surface area contributed by atoms with Gasteiger partial charge >= 0.3 is 11.9 Å². The van der Waals surface area contributed by atoms with Crippen molar-refractivity contribution < 1.29 is 24.2 Å². The monoisotopic (exact) mass is 272 g/mol. The third-order valence-electron chi connectivity index (χ3n) is 2.41. The van der Waals surface area contributed by atoms with E-state index in [0.717, 1.165) is 0 Å². The number of hydrogen-bond donors (Lipinski definition) is 1. The van der Waals surface area contributed by atoms with Crippen molar-refractivity contribution in [1.82, 2.24) is 0 Å². The second-order valence-electron chi connectivity index (χ2n) is 3.98. The number of carbonyl (C=O) groups is 2. The van der Waals surface area contributed by atoms with Crippen molar-refractivity contribution in [1.29, 1.82) is 0 Å². The minimum atomic E-state index is -1.04. The van der Waals surface area contributed by atoms with Gasteiger partial charge in [-0.15, -0.1) is 0 Å². The van der Waals surface area contributed by atoms with E-state index in [9.17, 15) is 9.59 Å². The van der Waals surface area contributed by atoms with Crippen LogP contribution < -0.4 is 9.47 Å². The molecule has 0 aromatic heterocycles. The largest absolute Gasteiger partial charge is 0.478 e. The Hall–Kier alpha value is -2.82. The molecule has 2 aromatic rings. The molecule has 0 heterocycles. The molecule has 0 aliphatic heterocycles. The molecule has 20 heavy (non-hydrogen) atoms. The summed E-state index contributed by atoms with van der Waals surface area (Å²) in [6.45, 7) is 1.29. The van der Waals surface area contributed by atoms with E-state index in [-0.39, 0.29) is 11.3 Å². The minimum Gasteiger partial charge on any atom is -0.478 e. The van der Waals surface area contributed by atoms with Crippen LogP contribution in [-0.4, -0.2) is 17.0 Å². The number of rotatable bonds is 4. The van der Waals surface area contributed by atoms with Gasteiger partial charge in [-0.1, -0.05) is 18.2 Å². The maximum absolute atomic E-state index is 11.0. The fourth-order valence-corrected chi connectivity index (χ4v) is 1.59. The molecule has 0 saturated carbocycles. The Kier molecular flexibility index (Phi) is 4.00. The molecule has 1 N–H and O–H groups in total. The maximum atomic E-state index is 11.0.